The van der Waals surface area contributed by atoms with E-state index >= 15 is 0 Å². The molecule has 0 bridgehead atoms. The standard InChI is InChI=1S/C11H16N4O/c1-14-4-6-15(7-5-14)10-3-2-9(8-13-10)11(12)16/h2-3,8H,4-7H2,1H3,(H2,12,16). The Labute approximate surface area is 94.9 Å². The third-order valence-corrected chi connectivity index (χ3v) is 2.86. The monoisotopic (exact) mass is 220 g/mol. The highest BCUT2D eigenvalue weighted by atomic mass is 16.1. The summed E-state index contributed by atoms with van der Waals surface area (Å²) in [7, 11) is 2.11. The average Bonchev–Trinajstić information content (AvgIpc) is 2.30. The molecule has 0 spiro atoms. The minimum Gasteiger partial charge on any atom is -0.366 e. The van der Waals surface area contributed by atoms with Crippen LogP contribution in [-0.4, -0.2) is 49.0 Å². The number of hydrogen-bond acceptors (Lipinski definition) is 4. The van der Waals surface area contributed by atoms with Crippen LogP contribution in [0.15, 0.2) is 18.3 Å². The molecule has 1 aromatic rings. The van der Waals surface area contributed by atoms with Crippen LogP contribution in [0.1, 0.15) is 10.4 Å². The Hall–Kier alpha value is -1.62. The van der Waals surface area contributed by atoms with Gasteiger partial charge < -0.3 is 15.5 Å². The van der Waals surface area contributed by atoms with Crippen molar-refractivity contribution in [2.24, 2.45) is 5.73 Å². The summed E-state index contributed by atoms with van der Waals surface area (Å²) in [6.07, 6.45) is 1.54. The first-order valence-electron chi connectivity index (χ1n) is 5.36. The predicted molar refractivity (Wildman–Crippen MR) is 62.5 cm³/mol. The van der Waals surface area contributed by atoms with Gasteiger partial charge in [-0.25, -0.2) is 4.98 Å². The highest BCUT2D eigenvalue weighted by Crippen LogP contribution is 2.13. The number of hydrogen-bond donors (Lipinski definition) is 1. The molecule has 0 radical (unpaired) electrons. The SMILES string of the molecule is CN1CCN(c2ccc(C(N)=O)cn2)CC1. The fourth-order valence-corrected chi connectivity index (χ4v) is 1.75. The van der Waals surface area contributed by atoms with E-state index in [1.54, 1.807) is 6.07 Å². The fraction of sp³-hybridized carbons (Fsp3) is 0.455. The van der Waals surface area contributed by atoms with Crippen LogP contribution in [0, 0.1) is 0 Å². The van der Waals surface area contributed by atoms with Crippen molar-refractivity contribution in [2.75, 3.05) is 38.1 Å². The second-order valence-electron chi connectivity index (χ2n) is 4.06. The fourth-order valence-electron chi connectivity index (χ4n) is 1.75. The number of pyridine rings is 1. The lowest BCUT2D eigenvalue weighted by Crippen LogP contribution is -2.44. The molecule has 5 nitrogen and oxygen atoms in total. The molecular formula is C11H16N4O. The van der Waals surface area contributed by atoms with Crippen LogP contribution in [0.4, 0.5) is 5.82 Å². The Morgan fingerprint density at radius 1 is 1.31 bits per heavy atom. The Kier molecular flexibility index (Phi) is 3.05. The zero-order chi connectivity index (χ0) is 11.5. The third kappa shape index (κ3) is 2.30. The molecule has 0 saturated carbocycles. The van der Waals surface area contributed by atoms with E-state index in [0.29, 0.717) is 5.56 Å². The molecule has 1 aliphatic rings. The normalized spacial score (nSPS) is 17.4. The van der Waals surface area contributed by atoms with Crippen LogP contribution in [-0.2, 0) is 0 Å². The first-order valence-corrected chi connectivity index (χ1v) is 5.36. The van der Waals surface area contributed by atoms with E-state index in [2.05, 4.69) is 21.8 Å². The molecule has 1 fully saturated rings. The smallest absolute Gasteiger partial charge is 0.250 e. The van der Waals surface area contributed by atoms with Crippen LogP contribution in [0.3, 0.4) is 0 Å². The van der Waals surface area contributed by atoms with Crippen molar-refractivity contribution in [2.45, 2.75) is 0 Å². The molecule has 0 atom stereocenters. The van der Waals surface area contributed by atoms with Crippen molar-refractivity contribution >= 4 is 11.7 Å². The summed E-state index contributed by atoms with van der Waals surface area (Å²) < 4.78 is 0. The molecule has 0 unspecified atom stereocenters. The molecule has 16 heavy (non-hydrogen) atoms. The van der Waals surface area contributed by atoms with Gasteiger partial charge in [-0.2, -0.15) is 0 Å². The number of carbonyl (C=O) groups is 1. The first-order chi connectivity index (χ1) is 7.66. The van der Waals surface area contributed by atoms with Crippen molar-refractivity contribution in [1.82, 2.24) is 9.88 Å². The lowest BCUT2D eigenvalue weighted by Gasteiger charge is -2.33. The van der Waals surface area contributed by atoms with Gasteiger partial charge in [-0.1, -0.05) is 0 Å². The van der Waals surface area contributed by atoms with Crippen LogP contribution in [0.5, 0.6) is 0 Å². The van der Waals surface area contributed by atoms with E-state index in [1.165, 1.54) is 6.20 Å². The van der Waals surface area contributed by atoms with Gasteiger partial charge in [0.15, 0.2) is 0 Å². The van der Waals surface area contributed by atoms with Gasteiger partial charge in [0.1, 0.15) is 5.82 Å². The van der Waals surface area contributed by atoms with Gasteiger partial charge in [0.05, 0.1) is 5.56 Å². The van der Waals surface area contributed by atoms with Gasteiger partial charge in [-0.05, 0) is 19.2 Å². The summed E-state index contributed by atoms with van der Waals surface area (Å²) >= 11 is 0. The lowest BCUT2D eigenvalue weighted by atomic mass is 10.2. The van der Waals surface area contributed by atoms with Crippen LogP contribution >= 0.6 is 0 Å². The van der Waals surface area contributed by atoms with Crippen LogP contribution in [0.25, 0.3) is 0 Å². The van der Waals surface area contributed by atoms with Crippen molar-refractivity contribution in [3.8, 4) is 0 Å². The molecule has 1 aliphatic heterocycles. The van der Waals surface area contributed by atoms with E-state index in [-0.39, 0.29) is 0 Å². The molecular weight excluding hydrogens is 204 g/mol. The lowest BCUT2D eigenvalue weighted by molar-refractivity contribution is 0.1000. The third-order valence-electron chi connectivity index (χ3n) is 2.86. The maximum absolute atomic E-state index is 10.9. The quantitative estimate of drug-likeness (QED) is 0.758. The first kappa shape index (κ1) is 10.9. The molecule has 0 aliphatic carbocycles. The number of rotatable bonds is 2. The van der Waals surface area contributed by atoms with Crippen LogP contribution in [0.2, 0.25) is 0 Å². The summed E-state index contributed by atoms with van der Waals surface area (Å²) in [5, 5.41) is 0. The molecule has 2 N–H and O–H groups in total. The van der Waals surface area contributed by atoms with Crippen molar-refractivity contribution in [1.29, 1.82) is 0 Å². The molecule has 5 heteroatoms. The average molecular weight is 220 g/mol. The van der Waals surface area contributed by atoms with E-state index in [9.17, 15) is 4.79 Å². The van der Waals surface area contributed by atoms with E-state index in [1.807, 2.05) is 6.07 Å². The number of nitrogens with two attached hydrogens (primary N) is 1. The number of carbonyl (C=O) groups excluding carboxylic acids is 1. The van der Waals surface area contributed by atoms with E-state index in [0.717, 1.165) is 32.0 Å². The van der Waals surface area contributed by atoms with Gasteiger partial charge in [-0.3, -0.25) is 4.79 Å². The number of nitrogens with zero attached hydrogens (tertiary/aromatic N) is 3. The molecule has 86 valence electrons. The summed E-state index contributed by atoms with van der Waals surface area (Å²) in [5.74, 6) is 0.482. The molecule has 1 amide bonds. The molecule has 1 saturated heterocycles. The topological polar surface area (TPSA) is 62.5 Å². The Balaban J connectivity index is 2.07. The predicted octanol–water partition coefficient (Wildman–Crippen LogP) is -0.0677. The second kappa shape index (κ2) is 4.49. The summed E-state index contributed by atoms with van der Waals surface area (Å²) in [4.78, 5) is 19.6. The number of aromatic nitrogens is 1. The molecule has 2 rings (SSSR count). The highest BCUT2D eigenvalue weighted by molar-refractivity contribution is 5.92. The summed E-state index contributed by atoms with van der Waals surface area (Å²) in [6.45, 7) is 4.03. The van der Waals surface area contributed by atoms with Gasteiger partial charge in [0, 0.05) is 32.4 Å². The van der Waals surface area contributed by atoms with Gasteiger partial charge in [-0.15, -0.1) is 0 Å². The van der Waals surface area contributed by atoms with Gasteiger partial charge in [0.25, 0.3) is 0 Å². The van der Waals surface area contributed by atoms with Crippen molar-refractivity contribution in [3.63, 3.8) is 0 Å². The minimum atomic E-state index is -0.433. The maximum Gasteiger partial charge on any atom is 0.250 e. The van der Waals surface area contributed by atoms with E-state index < -0.39 is 5.91 Å². The van der Waals surface area contributed by atoms with E-state index in [4.69, 9.17) is 5.73 Å². The van der Waals surface area contributed by atoms with Crippen molar-refractivity contribution < 1.29 is 4.79 Å². The Morgan fingerprint density at radius 3 is 2.50 bits per heavy atom. The molecule has 2 heterocycles. The number of amides is 1. The zero-order valence-corrected chi connectivity index (χ0v) is 9.39. The number of piperazine rings is 1. The van der Waals surface area contributed by atoms with Gasteiger partial charge >= 0.3 is 0 Å². The summed E-state index contributed by atoms with van der Waals surface area (Å²) in [5.41, 5.74) is 5.62. The van der Waals surface area contributed by atoms with Gasteiger partial charge in [0.2, 0.25) is 5.91 Å². The molecule has 0 aromatic carbocycles. The molecule has 1 aromatic heterocycles. The summed E-state index contributed by atoms with van der Waals surface area (Å²) in [6, 6.07) is 3.58. The highest BCUT2D eigenvalue weighted by Gasteiger charge is 2.15. The Morgan fingerprint density at radius 2 is 2.00 bits per heavy atom. The zero-order valence-electron chi connectivity index (χ0n) is 9.39. The minimum absolute atomic E-state index is 0.433. The van der Waals surface area contributed by atoms with Crippen molar-refractivity contribution in [3.05, 3.63) is 23.9 Å². The Bertz CT molecular complexity index is 368. The largest absolute Gasteiger partial charge is 0.366 e. The number of anilines is 1. The number of primary amides is 1. The second-order valence-corrected chi connectivity index (χ2v) is 4.06. The maximum atomic E-state index is 10.9. The van der Waals surface area contributed by atoms with Crippen LogP contribution < -0.4 is 10.6 Å². The number of likely N-dealkylation sites (N-methyl/N-ethyl adjacent to an activating group) is 1.